The van der Waals surface area contributed by atoms with Gasteiger partial charge in [-0.2, -0.15) is 0 Å². The van der Waals surface area contributed by atoms with Crippen LogP contribution in [0.5, 0.6) is 0 Å². The van der Waals surface area contributed by atoms with Crippen molar-refractivity contribution in [1.82, 2.24) is 19.8 Å². The van der Waals surface area contributed by atoms with Gasteiger partial charge >= 0.3 is 6.09 Å². The fourth-order valence-electron chi connectivity index (χ4n) is 3.12. The summed E-state index contributed by atoms with van der Waals surface area (Å²) in [4.78, 5) is 29.1. The van der Waals surface area contributed by atoms with E-state index in [0.29, 0.717) is 32.6 Å². The lowest BCUT2D eigenvalue weighted by Gasteiger charge is -2.35. The molecule has 8 heteroatoms. The lowest BCUT2D eigenvalue weighted by molar-refractivity contribution is 0.0394. The van der Waals surface area contributed by atoms with E-state index in [0.717, 1.165) is 11.0 Å². The Labute approximate surface area is 138 Å². The normalized spacial score (nSPS) is 21.7. The molecule has 0 saturated carbocycles. The fraction of sp³-hybridized carbons (Fsp3) is 0.438. The van der Waals surface area contributed by atoms with Crippen molar-refractivity contribution in [3.8, 4) is 0 Å². The highest BCUT2D eigenvalue weighted by molar-refractivity contribution is 5.73. The number of aliphatic hydroxyl groups is 1. The van der Waals surface area contributed by atoms with Crippen molar-refractivity contribution in [1.29, 1.82) is 0 Å². The number of β-amino-alcohol motifs (C(OH)–C–C–N with tert-alkyl or cyclic N) is 1. The molecule has 24 heavy (non-hydrogen) atoms. The first kappa shape index (κ1) is 16.4. The Bertz CT molecular complexity index is 791. The summed E-state index contributed by atoms with van der Waals surface area (Å²) in [6.45, 7) is 2.14. The molecule has 128 valence electrons. The van der Waals surface area contributed by atoms with Crippen molar-refractivity contribution >= 4 is 17.1 Å². The molecular weight excluding hydrogens is 312 g/mol. The van der Waals surface area contributed by atoms with Crippen LogP contribution >= 0.6 is 0 Å². The molecule has 2 atom stereocenters. The summed E-state index contributed by atoms with van der Waals surface area (Å²) in [5, 5.41) is 21.2. The van der Waals surface area contributed by atoms with Crippen molar-refractivity contribution in [2.75, 3.05) is 19.6 Å². The Morgan fingerprint density at radius 3 is 2.92 bits per heavy atom. The Morgan fingerprint density at radius 2 is 2.17 bits per heavy atom. The number of carbonyl (C=O) groups is 1. The van der Waals surface area contributed by atoms with Gasteiger partial charge in [0.25, 0.3) is 5.56 Å². The standard InChI is InChI=1S/C16H20N4O4/c21-14-10-19(7-5-12(14)18-16(23)24)8-9-20-13-2-1-6-17-11(13)3-4-15(20)22/h1-4,6,12,14,18,21H,5,7-10H2,(H,23,24)/t12-,14+/m0/s1. The molecule has 0 spiro atoms. The van der Waals surface area contributed by atoms with Gasteiger partial charge in [-0.1, -0.05) is 0 Å². The average molecular weight is 332 g/mol. The minimum atomic E-state index is -1.12. The Kier molecular flexibility index (Phi) is 4.77. The quantitative estimate of drug-likeness (QED) is 0.733. The van der Waals surface area contributed by atoms with Gasteiger partial charge < -0.3 is 20.1 Å². The monoisotopic (exact) mass is 332 g/mol. The first-order valence-corrected chi connectivity index (χ1v) is 7.89. The Balaban J connectivity index is 1.66. The minimum absolute atomic E-state index is 0.0847. The van der Waals surface area contributed by atoms with Crippen LogP contribution in [0.15, 0.2) is 35.3 Å². The number of fused-ring (bicyclic) bond motifs is 1. The number of aliphatic hydroxyl groups excluding tert-OH is 1. The van der Waals surface area contributed by atoms with Gasteiger partial charge in [-0.3, -0.25) is 14.7 Å². The topological polar surface area (TPSA) is 108 Å². The van der Waals surface area contributed by atoms with Gasteiger partial charge in [-0.25, -0.2) is 4.79 Å². The number of nitrogens with one attached hydrogen (secondary N) is 1. The van der Waals surface area contributed by atoms with Crippen molar-refractivity contribution < 1.29 is 15.0 Å². The number of piperidine rings is 1. The smallest absolute Gasteiger partial charge is 0.404 e. The first-order chi connectivity index (χ1) is 11.5. The van der Waals surface area contributed by atoms with Crippen LogP contribution < -0.4 is 10.9 Å². The van der Waals surface area contributed by atoms with Crippen LogP contribution in [0, 0.1) is 0 Å². The highest BCUT2D eigenvalue weighted by Gasteiger charge is 2.28. The fourth-order valence-corrected chi connectivity index (χ4v) is 3.12. The summed E-state index contributed by atoms with van der Waals surface area (Å²) in [6.07, 6.45) is 0.357. The molecule has 1 amide bonds. The van der Waals surface area contributed by atoms with Gasteiger partial charge in [0.05, 0.1) is 23.2 Å². The summed E-state index contributed by atoms with van der Waals surface area (Å²) in [6, 6.07) is 6.43. The van der Waals surface area contributed by atoms with E-state index in [-0.39, 0.29) is 5.56 Å². The highest BCUT2D eigenvalue weighted by Crippen LogP contribution is 2.12. The van der Waals surface area contributed by atoms with Gasteiger partial charge in [0.15, 0.2) is 0 Å². The van der Waals surface area contributed by atoms with Crippen molar-refractivity contribution in [3.63, 3.8) is 0 Å². The molecule has 2 aromatic heterocycles. The SMILES string of the molecule is O=C(O)N[C@H]1CCN(CCn2c(=O)ccc3ncccc32)C[C@H]1O. The maximum atomic E-state index is 12.1. The molecule has 0 aromatic carbocycles. The number of amides is 1. The van der Waals surface area contributed by atoms with Gasteiger partial charge in [0.2, 0.25) is 0 Å². The number of likely N-dealkylation sites (tertiary alicyclic amines) is 1. The molecule has 1 aliphatic heterocycles. The summed E-state index contributed by atoms with van der Waals surface area (Å²) in [7, 11) is 0. The van der Waals surface area contributed by atoms with E-state index in [4.69, 9.17) is 5.11 Å². The van der Waals surface area contributed by atoms with Crippen LogP contribution in [-0.4, -0.2) is 62.5 Å². The van der Waals surface area contributed by atoms with Crippen LogP contribution in [0.25, 0.3) is 11.0 Å². The van der Waals surface area contributed by atoms with Crippen molar-refractivity contribution in [3.05, 3.63) is 40.8 Å². The van der Waals surface area contributed by atoms with E-state index in [9.17, 15) is 14.7 Å². The largest absolute Gasteiger partial charge is 0.465 e. The summed E-state index contributed by atoms with van der Waals surface area (Å²) in [5.74, 6) is 0. The van der Waals surface area contributed by atoms with Gasteiger partial charge in [-0.15, -0.1) is 0 Å². The lowest BCUT2D eigenvalue weighted by Crippen LogP contribution is -2.54. The van der Waals surface area contributed by atoms with E-state index in [1.807, 2.05) is 11.0 Å². The van der Waals surface area contributed by atoms with Crippen LogP contribution in [-0.2, 0) is 6.54 Å². The Morgan fingerprint density at radius 1 is 1.33 bits per heavy atom. The van der Waals surface area contributed by atoms with Crippen molar-refractivity contribution in [2.24, 2.45) is 0 Å². The van der Waals surface area contributed by atoms with E-state index in [1.165, 1.54) is 6.07 Å². The van der Waals surface area contributed by atoms with Gasteiger partial charge in [-0.05, 0) is 24.6 Å². The molecule has 3 rings (SSSR count). The number of nitrogens with zero attached hydrogens (tertiary/aromatic N) is 3. The minimum Gasteiger partial charge on any atom is -0.465 e. The van der Waals surface area contributed by atoms with Gasteiger partial charge in [0, 0.05) is 38.4 Å². The third-order valence-electron chi connectivity index (χ3n) is 4.37. The maximum Gasteiger partial charge on any atom is 0.404 e. The zero-order chi connectivity index (χ0) is 17.1. The third kappa shape index (κ3) is 3.55. The molecule has 0 radical (unpaired) electrons. The molecular formula is C16H20N4O4. The molecule has 0 bridgehead atoms. The predicted molar refractivity (Wildman–Crippen MR) is 88.0 cm³/mol. The Hall–Kier alpha value is -2.45. The van der Waals surface area contributed by atoms with E-state index in [1.54, 1.807) is 22.9 Å². The molecule has 1 saturated heterocycles. The molecule has 0 aliphatic carbocycles. The van der Waals surface area contributed by atoms with E-state index < -0.39 is 18.2 Å². The highest BCUT2D eigenvalue weighted by atomic mass is 16.4. The first-order valence-electron chi connectivity index (χ1n) is 7.89. The maximum absolute atomic E-state index is 12.1. The number of rotatable bonds is 4. The second-order valence-electron chi connectivity index (χ2n) is 5.94. The summed E-state index contributed by atoms with van der Waals surface area (Å²) < 4.78 is 1.68. The van der Waals surface area contributed by atoms with E-state index >= 15 is 0 Å². The molecule has 8 nitrogen and oxygen atoms in total. The molecule has 2 aromatic rings. The molecule has 3 N–H and O–H groups in total. The number of pyridine rings is 2. The zero-order valence-corrected chi connectivity index (χ0v) is 13.1. The van der Waals surface area contributed by atoms with Crippen LogP contribution in [0.4, 0.5) is 4.79 Å². The molecule has 1 aliphatic rings. The van der Waals surface area contributed by atoms with Crippen LogP contribution in [0.1, 0.15) is 6.42 Å². The molecule has 0 unspecified atom stereocenters. The van der Waals surface area contributed by atoms with Gasteiger partial charge in [0.1, 0.15) is 0 Å². The summed E-state index contributed by atoms with van der Waals surface area (Å²) >= 11 is 0. The molecule has 3 heterocycles. The number of hydrogen-bond donors (Lipinski definition) is 3. The molecule has 1 fully saturated rings. The second kappa shape index (κ2) is 6.98. The number of carboxylic acid groups (broad SMARTS) is 1. The van der Waals surface area contributed by atoms with Crippen LogP contribution in [0.3, 0.4) is 0 Å². The number of aromatic nitrogens is 2. The second-order valence-corrected chi connectivity index (χ2v) is 5.94. The van der Waals surface area contributed by atoms with E-state index in [2.05, 4.69) is 10.3 Å². The van der Waals surface area contributed by atoms with Crippen LogP contribution in [0.2, 0.25) is 0 Å². The number of hydrogen-bond acceptors (Lipinski definition) is 5. The predicted octanol–water partition coefficient (Wildman–Crippen LogP) is 0.0993. The van der Waals surface area contributed by atoms with Crippen molar-refractivity contribution in [2.45, 2.75) is 25.1 Å². The average Bonchev–Trinajstić information content (AvgIpc) is 2.56. The lowest BCUT2D eigenvalue weighted by atomic mass is 10.0. The zero-order valence-electron chi connectivity index (χ0n) is 13.1. The third-order valence-corrected chi connectivity index (χ3v) is 4.37. The summed E-state index contributed by atoms with van der Waals surface area (Å²) in [5.41, 5.74) is 1.47.